The molecule has 17 heavy (non-hydrogen) atoms. The maximum atomic E-state index is 11.8. The van der Waals surface area contributed by atoms with E-state index in [-0.39, 0.29) is 12.4 Å². The minimum atomic E-state index is 0.0732. The van der Waals surface area contributed by atoms with Crippen LogP contribution in [0.5, 0.6) is 0 Å². The molecule has 2 heteroatoms. The average molecular weight is 234 g/mol. The summed E-state index contributed by atoms with van der Waals surface area (Å²) >= 11 is 0. The van der Waals surface area contributed by atoms with Crippen LogP contribution >= 0.6 is 0 Å². The first-order chi connectivity index (χ1) is 8.13. The molecule has 2 nitrogen and oxygen atoms in total. The van der Waals surface area contributed by atoms with E-state index in [9.17, 15) is 4.79 Å². The average Bonchev–Trinajstić information content (AvgIpc) is 2.28. The Morgan fingerprint density at radius 1 is 1.35 bits per heavy atom. The van der Waals surface area contributed by atoms with Gasteiger partial charge < -0.3 is 4.74 Å². The molecule has 0 heterocycles. The monoisotopic (exact) mass is 234 g/mol. The summed E-state index contributed by atoms with van der Waals surface area (Å²) in [5, 5.41) is 0. The summed E-state index contributed by atoms with van der Waals surface area (Å²) in [6.07, 6.45) is 1.96. The predicted octanol–water partition coefficient (Wildman–Crippen LogP) is 3.49. The molecule has 0 spiro atoms. The number of hydrogen-bond donors (Lipinski definition) is 0. The largest absolute Gasteiger partial charge is 0.373 e. The minimum absolute atomic E-state index is 0.0732. The van der Waals surface area contributed by atoms with Crippen molar-refractivity contribution in [3.8, 4) is 0 Å². The molecule has 0 saturated heterocycles. The Balaban J connectivity index is 2.60. The highest BCUT2D eigenvalue weighted by Gasteiger charge is 2.07. The molecule has 0 N–H and O–H groups in total. The Morgan fingerprint density at radius 3 is 2.76 bits per heavy atom. The third-order valence-corrected chi connectivity index (χ3v) is 2.47. The summed E-state index contributed by atoms with van der Waals surface area (Å²) in [4.78, 5) is 11.8. The van der Waals surface area contributed by atoms with E-state index in [1.54, 1.807) is 0 Å². The Morgan fingerprint density at radius 2 is 2.12 bits per heavy atom. The van der Waals surface area contributed by atoms with Crippen LogP contribution in [0.3, 0.4) is 0 Å². The zero-order valence-electron chi connectivity index (χ0n) is 11.0. The Bertz CT molecular complexity index is 356. The molecule has 0 amide bonds. The van der Waals surface area contributed by atoms with E-state index in [2.05, 4.69) is 19.9 Å². The first-order valence-corrected chi connectivity index (χ1v) is 6.33. The van der Waals surface area contributed by atoms with Crippen LogP contribution in [-0.2, 0) is 11.2 Å². The van der Waals surface area contributed by atoms with E-state index in [0.717, 1.165) is 18.4 Å². The molecule has 1 aromatic rings. The standard InChI is InChI=1S/C15H22O2/c1-4-8-17-11-15(16)14-7-5-6-13(10-14)9-12(2)3/h5-7,10,12H,4,8-9,11H2,1-3H3. The van der Waals surface area contributed by atoms with Gasteiger partial charge in [-0.15, -0.1) is 0 Å². The molecule has 0 atom stereocenters. The predicted molar refractivity (Wildman–Crippen MR) is 70.4 cm³/mol. The number of ketones is 1. The van der Waals surface area contributed by atoms with Crippen LogP contribution in [0.15, 0.2) is 24.3 Å². The molecule has 0 radical (unpaired) electrons. The molecule has 0 unspecified atom stereocenters. The maximum absolute atomic E-state index is 11.8. The van der Waals surface area contributed by atoms with Crippen LogP contribution in [0.25, 0.3) is 0 Å². The first-order valence-electron chi connectivity index (χ1n) is 6.33. The lowest BCUT2D eigenvalue weighted by Crippen LogP contribution is -2.10. The van der Waals surface area contributed by atoms with Gasteiger partial charge in [-0.25, -0.2) is 0 Å². The lowest BCUT2D eigenvalue weighted by atomic mass is 10.00. The van der Waals surface area contributed by atoms with Gasteiger partial charge in [-0.05, 0) is 30.4 Å². The summed E-state index contributed by atoms with van der Waals surface area (Å²) < 4.78 is 5.27. The van der Waals surface area contributed by atoms with Crippen molar-refractivity contribution < 1.29 is 9.53 Å². The fraction of sp³-hybridized carbons (Fsp3) is 0.533. The number of hydrogen-bond acceptors (Lipinski definition) is 2. The van der Waals surface area contributed by atoms with Crippen molar-refractivity contribution in [2.45, 2.75) is 33.6 Å². The summed E-state index contributed by atoms with van der Waals surface area (Å²) in [5.74, 6) is 0.681. The summed E-state index contributed by atoms with van der Waals surface area (Å²) in [6.45, 7) is 7.24. The molecule has 1 aromatic carbocycles. The number of benzene rings is 1. The molecule has 0 aliphatic rings. The Hall–Kier alpha value is -1.15. The molecule has 0 aliphatic carbocycles. The van der Waals surface area contributed by atoms with Crippen LogP contribution in [0.1, 0.15) is 43.1 Å². The number of Topliss-reactive ketones (excluding diaryl/α,β-unsaturated/α-hetero) is 1. The van der Waals surface area contributed by atoms with Gasteiger partial charge in [0.25, 0.3) is 0 Å². The van der Waals surface area contributed by atoms with Crippen LogP contribution in [0.2, 0.25) is 0 Å². The molecule has 0 bridgehead atoms. The Kier molecular flexibility index (Phi) is 5.92. The van der Waals surface area contributed by atoms with E-state index in [4.69, 9.17) is 4.74 Å². The summed E-state index contributed by atoms with van der Waals surface area (Å²) in [5.41, 5.74) is 1.99. The van der Waals surface area contributed by atoms with Gasteiger partial charge in [-0.1, -0.05) is 39.0 Å². The molecule has 1 rings (SSSR count). The molecule has 0 aliphatic heterocycles. The maximum Gasteiger partial charge on any atom is 0.188 e. The van der Waals surface area contributed by atoms with E-state index < -0.39 is 0 Å². The third kappa shape index (κ3) is 5.14. The zero-order chi connectivity index (χ0) is 12.7. The number of rotatable bonds is 7. The van der Waals surface area contributed by atoms with Crippen molar-refractivity contribution in [3.05, 3.63) is 35.4 Å². The minimum Gasteiger partial charge on any atom is -0.373 e. The third-order valence-electron chi connectivity index (χ3n) is 2.47. The van der Waals surface area contributed by atoms with Gasteiger partial charge in [-0.2, -0.15) is 0 Å². The van der Waals surface area contributed by atoms with Gasteiger partial charge >= 0.3 is 0 Å². The van der Waals surface area contributed by atoms with Gasteiger partial charge in [0, 0.05) is 12.2 Å². The summed E-state index contributed by atoms with van der Waals surface area (Å²) in [7, 11) is 0. The molecular formula is C15H22O2. The van der Waals surface area contributed by atoms with Crippen LogP contribution in [0, 0.1) is 5.92 Å². The SMILES string of the molecule is CCCOCC(=O)c1cccc(CC(C)C)c1. The molecule has 0 aromatic heterocycles. The number of carbonyl (C=O) groups is 1. The van der Waals surface area contributed by atoms with Crippen LogP contribution in [0.4, 0.5) is 0 Å². The van der Waals surface area contributed by atoms with Gasteiger partial charge in [0.15, 0.2) is 5.78 Å². The highest BCUT2D eigenvalue weighted by atomic mass is 16.5. The fourth-order valence-corrected chi connectivity index (χ4v) is 1.74. The van der Waals surface area contributed by atoms with Gasteiger partial charge in [0.2, 0.25) is 0 Å². The van der Waals surface area contributed by atoms with Crippen molar-refractivity contribution >= 4 is 5.78 Å². The van der Waals surface area contributed by atoms with Gasteiger partial charge in [-0.3, -0.25) is 4.79 Å². The van der Waals surface area contributed by atoms with Crippen molar-refractivity contribution in [1.29, 1.82) is 0 Å². The lowest BCUT2D eigenvalue weighted by molar-refractivity contribution is 0.0761. The van der Waals surface area contributed by atoms with Crippen molar-refractivity contribution in [2.75, 3.05) is 13.2 Å². The first kappa shape index (κ1) is 13.9. The topological polar surface area (TPSA) is 26.3 Å². The normalized spacial score (nSPS) is 10.8. The lowest BCUT2D eigenvalue weighted by Gasteiger charge is -2.07. The zero-order valence-corrected chi connectivity index (χ0v) is 11.0. The second-order valence-electron chi connectivity index (χ2n) is 4.77. The van der Waals surface area contributed by atoms with Crippen molar-refractivity contribution in [3.63, 3.8) is 0 Å². The Labute approximate surface area is 104 Å². The van der Waals surface area contributed by atoms with Gasteiger partial charge in [0.1, 0.15) is 6.61 Å². The molecule has 0 saturated carbocycles. The number of carbonyl (C=O) groups excluding carboxylic acids is 1. The highest BCUT2D eigenvalue weighted by Crippen LogP contribution is 2.11. The van der Waals surface area contributed by atoms with Crippen molar-refractivity contribution in [1.82, 2.24) is 0 Å². The smallest absolute Gasteiger partial charge is 0.188 e. The van der Waals surface area contributed by atoms with E-state index >= 15 is 0 Å². The van der Waals surface area contributed by atoms with Crippen molar-refractivity contribution in [2.24, 2.45) is 5.92 Å². The quantitative estimate of drug-likeness (QED) is 0.533. The van der Waals surface area contributed by atoms with Gasteiger partial charge in [0.05, 0.1) is 0 Å². The van der Waals surface area contributed by atoms with Crippen LogP contribution in [-0.4, -0.2) is 19.0 Å². The highest BCUT2D eigenvalue weighted by molar-refractivity contribution is 5.97. The van der Waals surface area contributed by atoms with E-state index in [1.807, 2.05) is 25.1 Å². The van der Waals surface area contributed by atoms with E-state index in [1.165, 1.54) is 5.56 Å². The molecular weight excluding hydrogens is 212 g/mol. The molecule has 0 fully saturated rings. The van der Waals surface area contributed by atoms with Crippen LogP contribution < -0.4 is 0 Å². The number of ether oxygens (including phenoxy) is 1. The van der Waals surface area contributed by atoms with E-state index in [0.29, 0.717) is 12.5 Å². The summed E-state index contributed by atoms with van der Waals surface area (Å²) in [6, 6.07) is 7.87. The fourth-order valence-electron chi connectivity index (χ4n) is 1.74. The second kappa shape index (κ2) is 7.23. The molecule has 94 valence electrons. The second-order valence-corrected chi connectivity index (χ2v) is 4.77.